The van der Waals surface area contributed by atoms with Crippen molar-refractivity contribution in [2.24, 2.45) is 5.73 Å². The molecule has 0 aromatic heterocycles. The van der Waals surface area contributed by atoms with Crippen LogP contribution in [-0.2, 0) is 0 Å². The maximum Gasteiger partial charge on any atom is 0.0390 e. The zero-order valence-corrected chi connectivity index (χ0v) is 13.3. The number of aryl methyl sites for hydroxylation is 1. The van der Waals surface area contributed by atoms with Crippen LogP contribution in [0.5, 0.6) is 0 Å². The molecule has 0 radical (unpaired) electrons. The Morgan fingerprint density at radius 1 is 0.900 bits per heavy atom. The summed E-state index contributed by atoms with van der Waals surface area (Å²) < 4.78 is 0. The lowest BCUT2D eigenvalue weighted by molar-refractivity contribution is 0.822. The first kappa shape index (κ1) is 15.1. The van der Waals surface area contributed by atoms with E-state index in [1.165, 1.54) is 21.6 Å². The number of hydrogen-bond donors (Lipinski definition) is 1. The molecule has 1 unspecified atom stereocenters. The van der Waals surface area contributed by atoms with Gasteiger partial charge in [0.1, 0.15) is 0 Å². The zero-order valence-electron chi connectivity index (χ0n) is 12.5. The van der Waals surface area contributed by atoms with E-state index in [2.05, 4.69) is 69.3 Å². The van der Waals surface area contributed by atoms with Crippen molar-refractivity contribution >= 4 is 11.8 Å². The second-order valence-electron chi connectivity index (χ2n) is 5.55. The molecular formula is C18H23NS. The van der Waals surface area contributed by atoms with Crippen LogP contribution in [0.25, 0.3) is 0 Å². The number of nitrogens with two attached hydrogens (primary N) is 1. The van der Waals surface area contributed by atoms with Gasteiger partial charge in [-0.1, -0.05) is 55.8 Å². The fraction of sp³-hybridized carbons (Fsp3) is 0.333. The summed E-state index contributed by atoms with van der Waals surface area (Å²) in [5.74, 6) is 1.48. The molecule has 106 valence electrons. The fourth-order valence-corrected chi connectivity index (χ4v) is 2.94. The van der Waals surface area contributed by atoms with E-state index in [1.54, 1.807) is 0 Å². The second-order valence-corrected chi connectivity index (χ2v) is 6.65. The van der Waals surface area contributed by atoms with Crippen LogP contribution in [0, 0.1) is 6.92 Å². The molecule has 20 heavy (non-hydrogen) atoms. The predicted octanol–water partition coefficient (Wildman–Crippen LogP) is 4.91. The van der Waals surface area contributed by atoms with E-state index in [0.717, 1.165) is 5.75 Å². The lowest BCUT2D eigenvalue weighted by Gasteiger charge is -2.13. The summed E-state index contributed by atoms with van der Waals surface area (Å²) in [6, 6.07) is 17.4. The molecule has 0 aliphatic rings. The third kappa shape index (κ3) is 4.12. The van der Waals surface area contributed by atoms with Gasteiger partial charge >= 0.3 is 0 Å². The van der Waals surface area contributed by atoms with Crippen molar-refractivity contribution in [3.8, 4) is 0 Å². The maximum absolute atomic E-state index is 6.28. The Bertz CT molecular complexity index is 528. The highest BCUT2D eigenvalue weighted by Crippen LogP contribution is 2.24. The molecule has 1 atom stereocenters. The topological polar surface area (TPSA) is 26.0 Å². The Balaban J connectivity index is 1.94. The first-order chi connectivity index (χ1) is 9.56. The molecule has 2 rings (SSSR count). The smallest absolute Gasteiger partial charge is 0.0390 e. The molecule has 0 bridgehead atoms. The maximum atomic E-state index is 6.28. The van der Waals surface area contributed by atoms with Crippen molar-refractivity contribution in [1.82, 2.24) is 0 Å². The Morgan fingerprint density at radius 2 is 1.45 bits per heavy atom. The largest absolute Gasteiger partial charge is 0.323 e. The number of benzene rings is 2. The van der Waals surface area contributed by atoms with Gasteiger partial charge in [-0.25, -0.2) is 0 Å². The third-order valence-electron chi connectivity index (χ3n) is 3.48. The summed E-state index contributed by atoms with van der Waals surface area (Å²) >= 11 is 1.82. The SMILES string of the molecule is Cc1ccc(SCC(N)c2ccc(C(C)C)cc2)cc1. The minimum absolute atomic E-state index is 0.0857. The molecule has 1 nitrogen and oxygen atoms in total. The van der Waals surface area contributed by atoms with Gasteiger partial charge in [0.15, 0.2) is 0 Å². The van der Waals surface area contributed by atoms with Crippen LogP contribution in [0.3, 0.4) is 0 Å². The van der Waals surface area contributed by atoms with Crippen molar-refractivity contribution in [2.45, 2.75) is 37.6 Å². The van der Waals surface area contributed by atoms with E-state index in [9.17, 15) is 0 Å². The summed E-state index contributed by atoms with van der Waals surface area (Å²) in [5.41, 5.74) is 10.2. The first-order valence-electron chi connectivity index (χ1n) is 7.11. The summed E-state index contributed by atoms with van der Waals surface area (Å²) in [4.78, 5) is 1.28. The van der Waals surface area contributed by atoms with Gasteiger partial charge in [0.05, 0.1) is 0 Å². The lowest BCUT2D eigenvalue weighted by atomic mass is 10.00. The van der Waals surface area contributed by atoms with E-state index >= 15 is 0 Å². The Labute approximate surface area is 126 Å². The van der Waals surface area contributed by atoms with E-state index < -0.39 is 0 Å². The van der Waals surface area contributed by atoms with Gasteiger partial charge in [0.25, 0.3) is 0 Å². The normalized spacial score (nSPS) is 12.7. The van der Waals surface area contributed by atoms with E-state index in [4.69, 9.17) is 5.73 Å². The fourth-order valence-electron chi connectivity index (χ4n) is 2.04. The van der Waals surface area contributed by atoms with Gasteiger partial charge in [-0.3, -0.25) is 0 Å². The van der Waals surface area contributed by atoms with Gasteiger partial charge in [0, 0.05) is 16.7 Å². The van der Waals surface area contributed by atoms with Crippen LogP contribution < -0.4 is 5.73 Å². The second kappa shape index (κ2) is 6.96. The van der Waals surface area contributed by atoms with Crippen molar-refractivity contribution in [1.29, 1.82) is 0 Å². The monoisotopic (exact) mass is 285 g/mol. The molecule has 0 heterocycles. The van der Waals surface area contributed by atoms with Gasteiger partial charge in [-0.05, 0) is 36.1 Å². The highest BCUT2D eigenvalue weighted by Gasteiger charge is 2.07. The van der Waals surface area contributed by atoms with Gasteiger partial charge < -0.3 is 5.73 Å². The van der Waals surface area contributed by atoms with Crippen LogP contribution in [-0.4, -0.2) is 5.75 Å². The molecular weight excluding hydrogens is 262 g/mol. The van der Waals surface area contributed by atoms with E-state index in [-0.39, 0.29) is 6.04 Å². The molecule has 2 heteroatoms. The standard InChI is InChI=1S/C18H23NS/c1-13(2)15-6-8-16(9-7-15)18(19)12-20-17-10-4-14(3)5-11-17/h4-11,13,18H,12,19H2,1-3H3. The van der Waals surface area contributed by atoms with Crippen molar-refractivity contribution in [3.05, 3.63) is 65.2 Å². The lowest BCUT2D eigenvalue weighted by Crippen LogP contribution is -2.12. The van der Waals surface area contributed by atoms with Crippen LogP contribution in [0.15, 0.2) is 53.4 Å². The molecule has 0 amide bonds. The van der Waals surface area contributed by atoms with Crippen molar-refractivity contribution in [3.63, 3.8) is 0 Å². The highest BCUT2D eigenvalue weighted by molar-refractivity contribution is 7.99. The number of rotatable bonds is 5. The number of thioether (sulfide) groups is 1. The molecule has 0 spiro atoms. The van der Waals surface area contributed by atoms with Crippen LogP contribution in [0.1, 0.15) is 42.5 Å². The summed E-state index contributed by atoms with van der Waals surface area (Å²) in [6.07, 6.45) is 0. The molecule has 2 aromatic rings. The molecule has 0 saturated heterocycles. The Kier molecular flexibility index (Phi) is 5.27. The molecule has 0 aliphatic heterocycles. The van der Waals surface area contributed by atoms with Crippen molar-refractivity contribution in [2.75, 3.05) is 5.75 Å². The molecule has 0 saturated carbocycles. The zero-order chi connectivity index (χ0) is 14.5. The van der Waals surface area contributed by atoms with E-state index in [1.807, 2.05) is 11.8 Å². The number of hydrogen-bond acceptors (Lipinski definition) is 2. The van der Waals surface area contributed by atoms with Crippen LogP contribution in [0.2, 0.25) is 0 Å². The predicted molar refractivity (Wildman–Crippen MR) is 89.4 cm³/mol. The first-order valence-corrected chi connectivity index (χ1v) is 8.09. The summed E-state index contributed by atoms with van der Waals surface area (Å²) in [7, 11) is 0. The Hall–Kier alpha value is -1.25. The Morgan fingerprint density at radius 3 is 2.00 bits per heavy atom. The third-order valence-corrected chi connectivity index (χ3v) is 4.61. The average molecular weight is 285 g/mol. The summed E-state index contributed by atoms with van der Waals surface area (Å²) in [5, 5.41) is 0. The van der Waals surface area contributed by atoms with Gasteiger partial charge in [-0.2, -0.15) is 0 Å². The van der Waals surface area contributed by atoms with Crippen LogP contribution in [0.4, 0.5) is 0 Å². The average Bonchev–Trinajstić information content (AvgIpc) is 2.46. The van der Waals surface area contributed by atoms with Gasteiger partial charge in [0.2, 0.25) is 0 Å². The highest BCUT2D eigenvalue weighted by atomic mass is 32.2. The summed E-state index contributed by atoms with van der Waals surface area (Å²) in [6.45, 7) is 6.53. The van der Waals surface area contributed by atoms with Crippen LogP contribution >= 0.6 is 11.8 Å². The van der Waals surface area contributed by atoms with Crippen molar-refractivity contribution < 1.29 is 0 Å². The molecule has 2 N–H and O–H groups in total. The minimum atomic E-state index is 0.0857. The van der Waals surface area contributed by atoms with E-state index in [0.29, 0.717) is 5.92 Å². The van der Waals surface area contributed by atoms with Gasteiger partial charge in [-0.15, -0.1) is 11.8 Å². The minimum Gasteiger partial charge on any atom is -0.323 e. The molecule has 2 aromatic carbocycles. The quantitative estimate of drug-likeness (QED) is 0.790. The molecule has 0 fully saturated rings. The molecule has 0 aliphatic carbocycles.